The zero-order valence-corrected chi connectivity index (χ0v) is 10.0. The molecule has 1 atom stereocenters. The van der Waals surface area contributed by atoms with Gasteiger partial charge in [0.15, 0.2) is 0 Å². The molecule has 0 aliphatic carbocycles. The lowest BCUT2D eigenvalue weighted by Gasteiger charge is -2.23. The van der Waals surface area contributed by atoms with Crippen molar-refractivity contribution in [2.24, 2.45) is 0 Å². The number of nitrogens with one attached hydrogen (secondary N) is 1. The Kier molecular flexibility index (Phi) is 2.83. The predicted molar refractivity (Wildman–Crippen MR) is 65.4 cm³/mol. The van der Waals surface area contributed by atoms with E-state index >= 15 is 0 Å². The SMILES string of the molecule is CC(C)c1ccc(C2(C)CCNC2)cc1. The molecule has 1 aromatic rings. The van der Waals surface area contributed by atoms with Crippen molar-refractivity contribution in [1.29, 1.82) is 0 Å². The van der Waals surface area contributed by atoms with Crippen LogP contribution >= 0.6 is 0 Å². The summed E-state index contributed by atoms with van der Waals surface area (Å²) < 4.78 is 0. The highest BCUT2D eigenvalue weighted by Gasteiger charge is 2.30. The van der Waals surface area contributed by atoms with Gasteiger partial charge in [-0.15, -0.1) is 0 Å². The van der Waals surface area contributed by atoms with Crippen LogP contribution < -0.4 is 5.32 Å². The van der Waals surface area contributed by atoms with E-state index in [0.717, 1.165) is 13.1 Å². The Morgan fingerprint density at radius 3 is 2.33 bits per heavy atom. The van der Waals surface area contributed by atoms with E-state index in [9.17, 15) is 0 Å². The lowest BCUT2D eigenvalue weighted by atomic mass is 9.81. The summed E-state index contributed by atoms with van der Waals surface area (Å²) in [5.41, 5.74) is 3.28. The van der Waals surface area contributed by atoms with Gasteiger partial charge in [0.1, 0.15) is 0 Å². The van der Waals surface area contributed by atoms with E-state index in [-0.39, 0.29) is 0 Å². The fourth-order valence-electron chi connectivity index (χ4n) is 2.33. The summed E-state index contributed by atoms with van der Waals surface area (Å²) in [5.74, 6) is 0.633. The second-order valence-corrected chi connectivity index (χ2v) is 5.26. The molecule has 1 N–H and O–H groups in total. The summed E-state index contributed by atoms with van der Waals surface area (Å²) in [6.45, 7) is 9.12. The second kappa shape index (κ2) is 3.97. The molecule has 82 valence electrons. The van der Waals surface area contributed by atoms with Gasteiger partial charge in [0.2, 0.25) is 0 Å². The monoisotopic (exact) mass is 203 g/mol. The normalized spacial score (nSPS) is 26.1. The van der Waals surface area contributed by atoms with Gasteiger partial charge in [-0.2, -0.15) is 0 Å². The minimum absolute atomic E-state index is 0.357. The summed E-state index contributed by atoms with van der Waals surface area (Å²) >= 11 is 0. The molecule has 1 unspecified atom stereocenters. The molecule has 15 heavy (non-hydrogen) atoms. The van der Waals surface area contributed by atoms with Crippen molar-refractivity contribution in [2.75, 3.05) is 13.1 Å². The molecule has 1 heteroatoms. The Morgan fingerprint density at radius 2 is 1.87 bits per heavy atom. The third kappa shape index (κ3) is 2.07. The van der Waals surface area contributed by atoms with Crippen molar-refractivity contribution in [3.05, 3.63) is 35.4 Å². The molecule has 0 amide bonds. The van der Waals surface area contributed by atoms with Gasteiger partial charge < -0.3 is 5.32 Å². The fourth-order valence-corrected chi connectivity index (χ4v) is 2.33. The zero-order valence-electron chi connectivity index (χ0n) is 10.0. The van der Waals surface area contributed by atoms with Crippen molar-refractivity contribution >= 4 is 0 Å². The highest BCUT2D eigenvalue weighted by molar-refractivity contribution is 5.31. The molecule has 1 aliphatic rings. The van der Waals surface area contributed by atoms with Crippen LogP contribution in [0.25, 0.3) is 0 Å². The average molecular weight is 203 g/mol. The standard InChI is InChI=1S/C14H21N/c1-11(2)12-4-6-13(7-5-12)14(3)8-9-15-10-14/h4-7,11,15H,8-10H2,1-3H3. The molecule has 1 saturated heterocycles. The Bertz CT molecular complexity index is 318. The highest BCUT2D eigenvalue weighted by atomic mass is 14.9. The minimum Gasteiger partial charge on any atom is -0.316 e. The summed E-state index contributed by atoms with van der Waals surface area (Å²) in [6.07, 6.45) is 1.26. The Labute approximate surface area is 92.9 Å². The van der Waals surface area contributed by atoms with Gasteiger partial charge in [0.05, 0.1) is 0 Å². The quantitative estimate of drug-likeness (QED) is 0.779. The Morgan fingerprint density at radius 1 is 1.20 bits per heavy atom. The third-order valence-electron chi connectivity index (χ3n) is 3.64. The van der Waals surface area contributed by atoms with E-state index in [4.69, 9.17) is 0 Å². The maximum atomic E-state index is 3.45. The number of rotatable bonds is 2. The molecule has 2 rings (SSSR count). The Hall–Kier alpha value is -0.820. The van der Waals surface area contributed by atoms with Gasteiger partial charge in [-0.05, 0) is 30.0 Å². The summed E-state index contributed by atoms with van der Waals surface area (Å²) in [5, 5.41) is 3.45. The van der Waals surface area contributed by atoms with Crippen LogP contribution in [0.15, 0.2) is 24.3 Å². The van der Waals surface area contributed by atoms with Crippen LogP contribution in [0, 0.1) is 0 Å². The predicted octanol–water partition coefficient (Wildman–Crippen LogP) is 3.06. The van der Waals surface area contributed by atoms with Gasteiger partial charge >= 0.3 is 0 Å². The van der Waals surface area contributed by atoms with Gasteiger partial charge in [-0.25, -0.2) is 0 Å². The van der Waals surface area contributed by atoms with E-state index in [0.29, 0.717) is 11.3 Å². The lowest BCUT2D eigenvalue weighted by molar-refractivity contribution is 0.525. The number of hydrogen-bond donors (Lipinski definition) is 1. The van der Waals surface area contributed by atoms with Gasteiger partial charge in [0, 0.05) is 12.0 Å². The minimum atomic E-state index is 0.357. The molecule has 0 aromatic heterocycles. The van der Waals surface area contributed by atoms with E-state index in [1.807, 2.05) is 0 Å². The fraction of sp³-hybridized carbons (Fsp3) is 0.571. The molecule has 0 saturated carbocycles. The molecule has 1 fully saturated rings. The first-order valence-corrected chi connectivity index (χ1v) is 5.93. The van der Waals surface area contributed by atoms with Crippen molar-refractivity contribution in [1.82, 2.24) is 5.32 Å². The maximum absolute atomic E-state index is 3.45. The molecule has 1 aromatic carbocycles. The second-order valence-electron chi connectivity index (χ2n) is 5.26. The maximum Gasteiger partial charge on any atom is 0.00615 e. The molecule has 0 spiro atoms. The van der Waals surface area contributed by atoms with Crippen LogP contribution in [0.5, 0.6) is 0 Å². The lowest BCUT2D eigenvalue weighted by Crippen LogP contribution is -2.24. The van der Waals surface area contributed by atoms with Gasteiger partial charge in [0.25, 0.3) is 0 Å². The summed E-state index contributed by atoms with van der Waals surface area (Å²) in [6, 6.07) is 9.18. The summed E-state index contributed by atoms with van der Waals surface area (Å²) in [7, 11) is 0. The van der Waals surface area contributed by atoms with Crippen LogP contribution in [-0.4, -0.2) is 13.1 Å². The third-order valence-corrected chi connectivity index (χ3v) is 3.64. The van der Waals surface area contributed by atoms with Crippen molar-refractivity contribution in [3.63, 3.8) is 0 Å². The largest absolute Gasteiger partial charge is 0.316 e. The van der Waals surface area contributed by atoms with Crippen LogP contribution in [0.3, 0.4) is 0 Å². The molecule has 0 bridgehead atoms. The smallest absolute Gasteiger partial charge is 0.00615 e. The molecular formula is C14H21N. The van der Waals surface area contributed by atoms with E-state index in [1.165, 1.54) is 17.5 Å². The number of benzene rings is 1. The van der Waals surface area contributed by atoms with Crippen LogP contribution in [0.2, 0.25) is 0 Å². The average Bonchev–Trinajstić information content (AvgIpc) is 2.67. The number of hydrogen-bond acceptors (Lipinski definition) is 1. The highest BCUT2D eigenvalue weighted by Crippen LogP contribution is 2.30. The van der Waals surface area contributed by atoms with Gasteiger partial charge in [-0.3, -0.25) is 0 Å². The van der Waals surface area contributed by atoms with E-state index in [1.54, 1.807) is 0 Å². The van der Waals surface area contributed by atoms with Crippen LogP contribution in [0.4, 0.5) is 0 Å². The Balaban J connectivity index is 2.23. The molecule has 1 aliphatic heterocycles. The first-order chi connectivity index (χ1) is 7.12. The van der Waals surface area contributed by atoms with E-state index in [2.05, 4.69) is 50.4 Å². The van der Waals surface area contributed by atoms with Crippen molar-refractivity contribution in [2.45, 2.75) is 38.5 Å². The topological polar surface area (TPSA) is 12.0 Å². The molecule has 0 radical (unpaired) electrons. The zero-order chi connectivity index (χ0) is 10.9. The van der Waals surface area contributed by atoms with Crippen molar-refractivity contribution in [3.8, 4) is 0 Å². The molecule has 1 heterocycles. The van der Waals surface area contributed by atoms with Crippen molar-refractivity contribution < 1.29 is 0 Å². The first-order valence-electron chi connectivity index (χ1n) is 5.93. The van der Waals surface area contributed by atoms with Gasteiger partial charge in [-0.1, -0.05) is 45.0 Å². The molecule has 1 nitrogen and oxygen atoms in total. The summed E-state index contributed by atoms with van der Waals surface area (Å²) in [4.78, 5) is 0. The van der Waals surface area contributed by atoms with Crippen LogP contribution in [-0.2, 0) is 5.41 Å². The van der Waals surface area contributed by atoms with Crippen LogP contribution in [0.1, 0.15) is 44.2 Å². The first kappa shape index (κ1) is 10.7. The molecular weight excluding hydrogens is 182 g/mol. The van der Waals surface area contributed by atoms with E-state index < -0.39 is 0 Å².